The van der Waals surface area contributed by atoms with Gasteiger partial charge in [0.25, 0.3) is 0 Å². The Hall–Kier alpha value is -1.32. The molecule has 0 heterocycles. The molecule has 0 aromatic rings. The molecule has 0 saturated heterocycles. The first-order valence-corrected chi connectivity index (χ1v) is 5.94. The van der Waals surface area contributed by atoms with Crippen LogP contribution >= 0.6 is 0 Å². The van der Waals surface area contributed by atoms with Crippen molar-refractivity contribution in [2.45, 2.75) is 53.0 Å². The molecule has 0 bridgehead atoms. The smallest absolute Gasteiger partial charge is 0.331 e. The second-order valence-electron chi connectivity index (χ2n) is 5.63. The van der Waals surface area contributed by atoms with Crippen molar-refractivity contribution in [3.8, 4) is 0 Å². The Morgan fingerprint density at radius 2 is 1.82 bits per heavy atom. The summed E-state index contributed by atoms with van der Waals surface area (Å²) in [7, 11) is 0. The van der Waals surface area contributed by atoms with Crippen LogP contribution in [-0.4, -0.2) is 23.0 Å². The highest BCUT2D eigenvalue weighted by molar-refractivity contribution is 6.01. The van der Waals surface area contributed by atoms with E-state index in [4.69, 9.17) is 5.11 Å². The van der Waals surface area contributed by atoms with E-state index in [1.807, 2.05) is 0 Å². The number of amides is 1. The number of carbonyl (C=O) groups excluding carboxylic acids is 1. The van der Waals surface area contributed by atoms with Gasteiger partial charge in [-0.15, -0.1) is 0 Å². The van der Waals surface area contributed by atoms with E-state index in [2.05, 4.69) is 19.2 Å². The average molecular weight is 239 g/mol. The molecule has 4 heteroatoms. The third kappa shape index (κ3) is 3.58. The fourth-order valence-electron chi connectivity index (χ4n) is 2.18. The van der Waals surface area contributed by atoms with Crippen molar-refractivity contribution < 1.29 is 14.7 Å². The molecule has 17 heavy (non-hydrogen) atoms. The number of carboxylic acid groups (broad SMARTS) is 1. The lowest BCUT2D eigenvalue weighted by molar-refractivity contribution is -0.133. The molecule has 1 amide bonds. The first-order chi connectivity index (χ1) is 7.73. The highest BCUT2D eigenvalue weighted by Gasteiger charge is 2.32. The maximum absolute atomic E-state index is 11.8. The standard InChI is InChI=1S/C13H21NO3/c1-8(9(2)12(16)17)11(15)14-10-5-6-13(3,4)7-10/h10H,5-7H2,1-4H3,(H,14,15)(H,16,17). The Labute approximate surface area is 102 Å². The van der Waals surface area contributed by atoms with Crippen molar-refractivity contribution in [1.29, 1.82) is 0 Å². The molecule has 0 aromatic heterocycles. The lowest BCUT2D eigenvalue weighted by Gasteiger charge is -2.18. The number of hydrogen-bond acceptors (Lipinski definition) is 2. The molecule has 0 aliphatic heterocycles. The van der Waals surface area contributed by atoms with E-state index in [9.17, 15) is 9.59 Å². The number of carbonyl (C=O) groups is 2. The normalized spacial score (nSPS) is 24.1. The van der Waals surface area contributed by atoms with Gasteiger partial charge in [0.2, 0.25) is 5.91 Å². The van der Waals surface area contributed by atoms with E-state index < -0.39 is 5.97 Å². The van der Waals surface area contributed by atoms with Gasteiger partial charge in [-0.05, 0) is 38.5 Å². The molecule has 0 aromatic carbocycles. The summed E-state index contributed by atoms with van der Waals surface area (Å²) < 4.78 is 0. The molecule has 1 atom stereocenters. The first kappa shape index (κ1) is 13.7. The maximum Gasteiger partial charge on any atom is 0.331 e. The minimum absolute atomic E-state index is 0.111. The number of rotatable bonds is 3. The zero-order chi connectivity index (χ0) is 13.2. The monoisotopic (exact) mass is 239 g/mol. The molecule has 1 fully saturated rings. The van der Waals surface area contributed by atoms with Gasteiger partial charge in [-0.3, -0.25) is 4.79 Å². The number of nitrogens with one attached hydrogen (secondary N) is 1. The summed E-state index contributed by atoms with van der Waals surface area (Å²) in [6, 6.07) is 0.175. The van der Waals surface area contributed by atoms with Gasteiger partial charge in [0.1, 0.15) is 0 Å². The summed E-state index contributed by atoms with van der Waals surface area (Å²) in [5.41, 5.74) is 0.680. The lowest BCUT2D eigenvalue weighted by atomic mass is 9.92. The SMILES string of the molecule is CC(C(=O)O)=C(C)C(=O)NC1CCC(C)(C)C1. The topological polar surface area (TPSA) is 66.4 Å². The summed E-state index contributed by atoms with van der Waals surface area (Å²) in [4.78, 5) is 22.6. The number of hydrogen-bond donors (Lipinski definition) is 2. The first-order valence-electron chi connectivity index (χ1n) is 5.94. The molecular formula is C13H21NO3. The molecule has 0 spiro atoms. The Balaban J connectivity index is 2.62. The van der Waals surface area contributed by atoms with E-state index in [1.165, 1.54) is 6.92 Å². The van der Waals surface area contributed by atoms with Crippen LogP contribution in [0.2, 0.25) is 0 Å². The Morgan fingerprint density at radius 1 is 1.24 bits per heavy atom. The Morgan fingerprint density at radius 3 is 2.24 bits per heavy atom. The second-order valence-corrected chi connectivity index (χ2v) is 5.63. The largest absolute Gasteiger partial charge is 0.478 e. The van der Waals surface area contributed by atoms with Crippen LogP contribution in [0.1, 0.15) is 47.0 Å². The van der Waals surface area contributed by atoms with Crippen LogP contribution < -0.4 is 5.32 Å². The van der Waals surface area contributed by atoms with Crippen LogP contribution in [-0.2, 0) is 9.59 Å². The maximum atomic E-state index is 11.8. The highest BCUT2D eigenvalue weighted by Crippen LogP contribution is 2.36. The molecule has 1 unspecified atom stereocenters. The molecule has 1 aliphatic carbocycles. The van der Waals surface area contributed by atoms with E-state index in [0.717, 1.165) is 19.3 Å². The van der Waals surface area contributed by atoms with Crippen LogP contribution in [0.25, 0.3) is 0 Å². The summed E-state index contributed by atoms with van der Waals surface area (Å²) in [6.07, 6.45) is 3.02. The predicted octanol–water partition coefficient (Wildman–Crippen LogP) is 2.10. The highest BCUT2D eigenvalue weighted by atomic mass is 16.4. The van der Waals surface area contributed by atoms with Crippen LogP contribution in [0.3, 0.4) is 0 Å². The molecule has 1 rings (SSSR count). The minimum atomic E-state index is -1.04. The van der Waals surface area contributed by atoms with Gasteiger partial charge in [-0.25, -0.2) is 4.79 Å². The quantitative estimate of drug-likeness (QED) is 0.741. The van der Waals surface area contributed by atoms with Crippen LogP contribution in [0.15, 0.2) is 11.1 Å². The van der Waals surface area contributed by atoms with Crippen molar-refractivity contribution in [3.05, 3.63) is 11.1 Å². The summed E-state index contributed by atoms with van der Waals surface area (Å²) in [5, 5.41) is 11.7. The van der Waals surface area contributed by atoms with Crippen LogP contribution in [0.4, 0.5) is 0 Å². The molecule has 2 N–H and O–H groups in total. The van der Waals surface area contributed by atoms with Gasteiger partial charge in [-0.1, -0.05) is 13.8 Å². The van der Waals surface area contributed by atoms with E-state index >= 15 is 0 Å². The zero-order valence-electron chi connectivity index (χ0n) is 11.0. The van der Waals surface area contributed by atoms with Crippen molar-refractivity contribution >= 4 is 11.9 Å². The third-order valence-corrected chi connectivity index (χ3v) is 3.53. The summed E-state index contributed by atoms with van der Waals surface area (Å²) in [6.45, 7) is 7.38. The second kappa shape index (κ2) is 4.90. The molecule has 1 aliphatic rings. The van der Waals surface area contributed by atoms with Crippen molar-refractivity contribution in [1.82, 2.24) is 5.32 Å². The van der Waals surface area contributed by atoms with Crippen LogP contribution in [0, 0.1) is 5.41 Å². The predicted molar refractivity (Wildman–Crippen MR) is 65.6 cm³/mol. The van der Waals surface area contributed by atoms with Gasteiger partial charge in [0.15, 0.2) is 0 Å². The Bertz CT molecular complexity index is 369. The fourth-order valence-corrected chi connectivity index (χ4v) is 2.18. The van der Waals surface area contributed by atoms with Gasteiger partial charge in [0.05, 0.1) is 0 Å². The Kier molecular flexibility index (Phi) is 3.96. The van der Waals surface area contributed by atoms with E-state index in [-0.39, 0.29) is 22.9 Å². The third-order valence-electron chi connectivity index (χ3n) is 3.53. The lowest BCUT2D eigenvalue weighted by Crippen LogP contribution is -2.34. The number of aliphatic carboxylic acids is 1. The molecule has 4 nitrogen and oxygen atoms in total. The molecule has 1 saturated carbocycles. The summed E-state index contributed by atoms with van der Waals surface area (Å²) >= 11 is 0. The van der Waals surface area contributed by atoms with E-state index in [1.54, 1.807) is 6.92 Å². The van der Waals surface area contributed by atoms with Gasteiger partial charge >= 0.3 is 5.97 Å². The van der Waals surface area contributed by atoms with Gasteiger partial charge in [-0.2, -0.15) is 0 Å². The fraction of sp³-hybridized carbons (Fsp3) is 0.692. The molecular weight excluding hydrogens is 218 g/mol. The van der Waals surface area contributed by atoms with Gasteiger partial charge in [0, 0.05) is 17.2 Å². The molecule has 96 valence electrons. The van der Waals surface area contributed by atoms with Crippen molar-refractivity contribution in [3.63, 3.8) is 0 Å². The minimum Gasteiger partial charge on any atom is -0.478 e. The number of carboxylic acids is 1. The molecule has 0 radical (unpaired) electrons. The average Bonchev–Trinajstić information content (AvgIpc) is 2.55. The zero-order valence-corrected chi connectivity index (χ0v) is 11.0. The van der Waals surface area contributed by atoms with Crippen LogP contribution in [0.5, 0.6) is 0 Å². The van der Waals surface area contributed by atoms with Crippen molar-refractivity contribution in [2.24, 2.45) is 5.41 Å². The summed E-state index contributed by atoms with van der Waals surface area (Å²) in [5.74, 6) is -1.29. The van der Waals surface area contributed by atoms with Gasteiger partial charge < -0.3 is 10.4 Å². The van der Waals surface area contributed by atoms with Crippen molar-refractivity contribution in [2.75, 3.05) is 0 Å². The van der Waals surface area contributed by atoms with E-state index in [0.29, 0.717) is 5.57 Å².